The molecule has 184 valence electrons. The Morgan fingerprint density at radius 2 is 1.74 bits per heavy atom. The van der Waals surface area contributed by atoms with Crippen LogP contribution in [0.5, 0.6) is 0 Å². The molecule has 1 aliphatic heterocycles. The number of carbonyl (C=O) groups excluding carboxylic acids is 2. The molecular formula is C27H32ClN5O2. The number of benzene rings is 2. The molecule has 2 amide bonds. The van der Waals surface area contributed by atoms with Gasteiger partial charge in [-0.15, -0.1) is 0 Å². The average Bonchev–Trinajstić information content (AvgIpc) is 3.30. The van der Waals surface area contributed by atoms with E-state index in [4.69, 9.17) is 17.3 Å². The van der Waals surface area contributed by atoms with E-state index in [1.165, 1.54) is 5.56 Å². The second-order valence-corrected chi connectivity index (χ2v) is 9.84. The van der Waals surface area contributed by atoms with Gasteiger partial charge in [0.15, 0.2) is 0 Å². The normalized spacial score (nSPS) is 14.9. The quantitative estimate of drug-likeness (QED) is 0.478. The maximum atomic E-state index is 13.1. The van der Waals surface area contributed by atoms with E-state index in [9.17, 15) is 9.59 Å². The Bertz CT molecular complexity index is 1160. The van der Waals surface area contributed by atoms with Crippen LogP contribution in [0.4, 0.5) is 5.69 Å². The molecule has 35 heavy (non-hydrogen) atoms. The summed E-state index contributed by atoms with van der Waals surface area (Å²) in [7, 11) is 0. The van der Waals surface area contributed by atoms with Crippen molar-refractivity contribution in [3.8, 4) is 5.69 Å². The fourth-order valence-corrected chi connectivity index (χ4v) is 4.68. The molecule has 2 heterocycles. The van der Waals surface area contributed by atoms with Crippen LogP contribution in [0.1, 0.15) is 54.2 Å². The van der Waals surface area contributed by atoms with Crippen LogP contribution in [0.2, 0.25) is 5.02 Å². The molecule has 3 N–H and O–H groups in total. The van der Waals surface area contributed by atoms with Gasteiger partial charge in [-0.2, -0.15) is 5.10 Å². The molecule has 0 aliphatic carbocycles. The van der Waals surface area contributed by atoms with E-state index in [0.717, 1.165) is 56.0 Å². The Morgan fingerprint density at radius 3 is 2.34 bits per heavy atom. The third-order valence-corrected chi connectivity index (χ3v) is 6.84. The zero-order valence-corrected chi connectivity index (χ0v) is 21.0. The summed E-state index contributed by atoms with van der Waals surface area (Å²) in [6.07, 6.45) is 4.22. The van der Waals surface area contributed by atoms with E-state index in [1.54, 1.807) is 10.9 Å². The molecule has 3 aromatic rings. The number of nitrogens with one attached hydrogen (secondary N) is 1. The number of amides is 2. The number of hydrogen-bond donors (Lipinski definition) is 2. The lowest BCUT2D eigenvalue weighted by molar-refractivity contribution is -0.123. The van der Waals surface area contributed by atoms with E-state index in [-0.39, 0.29) is 23.7 Å². The summed E-state index contributed by atoms with van der Waals surface area (Å²) in [5.74, 6) is -0.243. The first-order valence-electron chi connectivity index (χ1n) is 12.1. The third kappa shape index (κ3) is 6.10. The molecule has 0 saturated carbocycles. The molecule has 1 aliphatic rings. The number of nitrogens with two attached hydrogens (primary N) is 1. The first kappa shape index (κ1) is 24.9. The van der Waals surface area contributed by atoms with Crippen molar-refractivity contribution < 1.29 is 9.59 Å². The Hall–Kier alpha value is -3.16. The van der Waals surface area contributed by atoms with Crippen molar-refractivity contribution in [3.05, 3.63) is 76.6 Å². The molecular weight excluding hydrogens is 462 g/mol. The van der Waals surface area contributed by atoms with Crippen LogP contribution in [-0.2, 0) is 11.2 Å². The van der Waals surface area contributed by atoms with Crippen LogP contribution in [-0.4, -0.2) is 46.1 Å². The van der Waals surface area contributed by atoms with Gasteiger partial charge in [-0.1, -0.05) is 37.6 Å². The number of likely N-dealkylation sites (tertiary alicyclic amines) is 1. The highest BCUT2D eigenvalue weighted by atomic mass is 35.5. The van der Waals surface area contributed by atoms with Crippen LogP contribution in [0, 0.1) is 5.92 Å². The number of hydrogen-bond acceptors (Lipinski definition) is 4. The molecule has 0 bridgehead atoms. The molecule has 1 saturated heterocycles. The highest BCUT2D eigenvalue weighted by Gasteiger charge is 2.23. The van der Waals surface area contributed by atoms with E-state index in [0.29, 0.717) is 10.6 Å². The average molecular weight is 494 g/mol. The fraction of sp³-hybridized carbons (Fsp3) is 0.370. The van der Waals surface area contributed by atoms with Gasteiger partial charge in [0.25, 0.3) is 5.91 Å². The smallest absolute Gasteiger partial charge is 0.259 e. The number of rotatable bonds is 8. The molecule has 2 aromatic carbocycles. The monoisotopic (exact) mass is 493 g/mol. The Balaban J connectivity index is 1.37. The highest BCUT2D eigenvalue weighted by Crippen LogP contribution is 2.25. The first-order chi connectivity index (χ1) is 16.8. The van der Waals surface area contributed by atoms with Crippen molar-refractivity contribution in [1.82, 2.24) is 14.7 Å². The van der Waals surface area contributed by atoms with Crippen molar-refractivity contribution in [2.45, 2.75) is 39.0 Å². The standard InChI is InChI=1S/C27H32ClN5O2/c1-18(2)25-24(17-30-33(25)23-9-5-21(28)6-10-23)27(35)31-22-7-3-19(4-8-22)11-14-32-15-12-20(13-16-32)26(29)34/h3-10,17-18,20H,11-16H2,1-2H3,(H2,29,34)(H,31,35). The summed E-state index contributed by atoms with van der Waals surface area (Å²) in [4.78, 5) is 26.8. The van der Waals surface area contributed by atoms with Gasteiger partial charge in [0.05, 0.1) is 23.1 Å². The molecule has 0 unspecified atom stereocenters. The van der Waals surface area contributed by atoms with Gasteiger partial charge >= 0.3 is 0 Å². The van der Waals surface area contributed by atoms with E-state index >= 15 is 0 Å². The van der Waals surface area contributed by atoms with Crippen molar-refractivity contribution in [1.29, 1.82) is 0 Å². The predicted octanol–water partition coefficient (Wildman–Crippen LogP) is 4.64. The van der Waals surface area contributed by atoms with Gasteiger partial charge in [0, 0.05) is 23.2 Å². The lowest BCUT2D eigenvalue weighted by atomic mass is 9.96. The third-order valence-electron chi connectivity index (χ3n) is 6.59. The van der Waals surface area contributed by atoms with Gasteiger partial charge in [0.1, 0.15) is 0 Å². The maximum absolute atomic E-state index is 13.1. The summed E-state index contributed by atoms with van der Waals surface area (Å²) >= 11 is 6.02. The van der Waals surface area contributed by atoms with Crippen LogP contribution in [0.3, 0.4) is 0 Å². The first-order valence-corrected chi connectivity index (χ1v) is 12.5. The topological polar surface area (TPSA) is 93.2 Å². The lowest BCUT2D eigenvalue weighted by Gasteiger charge is -2.30. The van der Waals surface area contributed by atoms with E-state index in [1.807, 2.05) is 62.4 Å². The minimum Gasteiger partial charge on any atom is -0.369 e. The summed E-state index contributed by atoms with van der Waals surface area (Å²) in [6.45, 7) is 6.85. The number of piperidine rings is 1. The van der Waals surface area contributed by atoms with Gasteiger partial charge in [-0.05, 0) is 80.2 Å². The molecule has 8 heteroatoms. The number of halogens is 1. The van der Waals surface area contributed by atoms with Crippen LogP contribution < -0.4 is 11.1 Å². The molecule has 0 spiro atoms. The molecule has 4 rings (SSSR count). The Labute approximate surface area is 211 Å². The zero-order chi connectivity index (χ0) is 24.9. The van der Waals surface area contributed by atoms with Crippen molar-refractivity contribution in [3.63, 3.8) is 0 Å². The minimum absolute atomic E-state index is 0.0173. The van der Waals surface area contributed by atoms with Crippen LogP contribution in [0.25, 0.3) is 5.69 Å². The van der Waals surface area contributed by atoms with Crippen LogP contribution in [0.15, 0.2) is 54.7 Å². The van der Waals surface area contributed by atoms with E-state index in [2.05, 4.69) is 15.3 Å². The molecule has 0 radical (unpaired) electrons. The number of nitrogens with zero attached hydrogens (tertiary/aromatic N) is 3. The minimum atomic E-state index is -0.181. The molecule has 1 fully saturated rings. The van der Waals surface area contributed by atoms with Gasteiger partial charge in [-0.3, -0.25) is 9.59 Å². The summed E-state index contributed by atoms with van der Waals surface area (Å²) in [6, 6.07) is 15.4. The highest BCUT2D eigenvalue weighted by molar-refractivity contribution is 6.30. The number of anilines is 1. The number of aromatic nitrogens is 2. The summed E-state index contributed by atoms with van der Waals surface area (Å²) in [5.41, 5.74) is 9.64. The largest absolute Gasteiger partial charge is 0.369 e. The number of primary amides is 1. The predicted molar refractivity (Wildman–Crippen MR) is 139 cm³/mol. The van der Waals surface area contributed by atoms with Gasteiger partial charge in [-0.25, -0.2) is 4.68 Å². The van der Waals surface area contributed by atoms with Crippen molar-refractivity contribution >= 4 is 29.1 Å². The summed E-state index contributed by atoms with van der Waals surface area (Å²) in [5, 5.41) is 8.14. The second kappa shape index (κ2) is 11.1. The van der Waals surface area contributed by atoms with Gasteiger partial charge in [0.2, 0.25) is 5.91 Å². The molecule has 0 atom stereocenters. The Morgan fingerprint density at radius 1 is 1.09 bits per heavy atom. The van der Waals surface area contributed by atoms with Crippen LogP contribution >= 0.6 is 11.6 Å². The fourth-order valence-electron chi connectivity index (χ4n) is 4.56. The molecule has 7 nitrogen and oxygen atoms in total. The van der Waals surface area contributed by atoms with Crippen molar-refractivity contribution in [2.24, 2.45) is 11.7 Å². The van der Waals surface area contributed by atoms with E-state index < -0.39 is 0 Å². The van der Waals surface area contributed by atoms with Gasteiger partial charge < -0.3 is 16.0 Å². The Kier molecular flexibility index (Phi) is 7.88. The number of carbonyl (C=O) groups is 2. The SMILES string of the molecule is CC(C)c1c(C(=O)Nc2ccc(CCN3CCC(C(N)=O)CC3)cc2)cnn1-c1ccc(Cl)cc1. The molecule has 1 aromatic heterocycles. The zero-order valence-electron chi connectivity index (χ0n) is 20.2. The second-order valence-electron chi connectivity index (χ2n) is 9.41. The maximum Gasteiger partial charge on any atom is 0.259 e. The lowest BCUT2D eigenvalue weighted by Crippen LogP contribution is -2.39. The summed E-state index contributed by atoms with van der Waals surface area (Å²) < 4.78 is 1.80. The van der Waals surface area contributed by atoms with Crippen molar-refractivity contribution in [2.75, 3.05) is 25.0 Å².